The molecule has 2 aliphatic heterocycles. The molecule has 2 aromatic rings. The van der Waals surface area contributed by atoms with Gasteiger partial charge in [0.15, 0.2) is 11.6 Å². The van der Waals surface area contributed by atoms with Crippen molar-refractivity contribution in [3.8, 4) is 0 Å². The molecule has 0 bridgehead atoms. The smallest absolute Gasteiger partial charge is 0.228 e. The largest absolute Gasteiger partial charge is 0.378 e. The Balaban J connectivity index is 1.89. The van der Waals surface area contributed by atoms with Crippen molar-refractivity contribution in [2.24, 2.45) is 0 Å². The van der Waals surface area contributed by atoms with Gasteiger partial charge in [-0.1, -0.05) is 0 Å². The topological polar surface area (TPSA) is 123 Å². The van der Waals surface area contributed by atoms with Crippen molar-refractivity contribution < 1.29 is 14.9 Å². The molecule has 2 unspecified atom stereocenters. The van der Waals surface area contributed by atoms with Gasteiger partial charge in [-0.3, -0.25) is 0 Å². The van der Waals surface area contributed by atoms with Gasteiger partial charge in [-0.2, -0.15) is 4.98 Å². The number of ether oxygens (including phenoxy) is 1. The van der Waals surface area contributed by atoms with Crippen molar-refractivity contribution in [1.29, 1.82) is 0 Å². The molecule has 0 radical (unpaired) electrons. The lowest BCUT2D eigenvalue weighted by Crippen LogP contribution is -2.45. The van der Waals surface area contributed by atoms with Crippen LogP contribution in [-0.2, 0) is 4.74 Å². The Morgan fingerprint density at radius 1 is 0.966 bits per heavy atom. The average molecular weight is 404 g/mol. The number of aliphatic hydroxyl groups is 2. The fraction of sp³-hybridized carbons (Fsp3) is 0.667. The lowest BCUT2D eigenvalue weighted by molar-refractivity contribution is 0.104. The van der Waals surface area contributed by atoms with Gasteiger partial charge in [0.05, 0.1) is 13.2 Å². The maximum absolute atomic E-state index is 10.2. The number of hydrogen-bond donors (Lipinski definition) is 3. The summed E-state index contributed by atoms with van der Waals surface area (Å²) in [4.78, 5) is 24.2. The number of hydrogen-bond acceptors (Lipinski definition) is 11. The second kappa shape index (κ2) is 8.57. The second-order valence-electron chi connectivity index (χ2n) is 7.25. The number of fused-ring (bicyclic) bond motifs is 1. The highest BCUT2D eigenvalue weighted by Gasteiger charge is 2.27. The van der Waals surface area contributed by atoms with E-state index >= 15 is 0 Å². The van der Waals surface area contributed by atoms with Gasteiger partial charge < -0.3 is 35.0 Å². The number of aliphatic hydroxyl groups excluding tert-OH is 2. The average Bonchev–Trinajstić information content (AvgIpc) is 2.74. The summed E-state index contributed by atoms with van der Waals surface area (Å²) >= 11 is 0. The molecule has 2 saturated heterocycles. The van der Waals surface area contributed by atoms with Gasteiger partial charge in [-0.15, -0.1) is 0 Å². The molecule has 4 heterocycles. The predicted molar refractivity (Wildman–Crippen MR) is 109 cm³/mol. The first-order valence-electron chi connectivity index (χ1n) is 10.0. The van der Waals surface area contributed by atoms with Crippen LogP contribution in [0.2, 0.25) is 0 Å². The summed E-state index contributed by atoms with van der Waals surface area (Å²) in [6.07, 6.45) is -0.470. The van der Waals surface area contributed by atoms with E-state index < -0.39 is 12.5 Å². The monoisotopic (exact) mass is 404 g/mol. The third-order valence-corrected chi connectivity index (χ3v) is 5.19. The van der Waals surface area contributed by atoms with E-state index in [-0.39, 0.29) is 0 Å². The minimum Gasteiger partial charge on any atom is -0.378 e. The Morgan fingerprint density at radius 3 is 2.31 bits per heavy atom. The van der Waals surface area contributed by atoms with E-state index in [9.17, 15) is 10.2 Å². The predicted octanol–water partition coefficient (Wildman–Crippen LogP) is -0.851. The van der Waals surface area contributed by atoms with Gasteiger partial charge in [0.1, 0.15) is 29.8 Å². The van der Waals surface area contributed by atoms with Gasteiger partial charge in [0, 0.05) is 39.3 Å². The minimum absolute atomic E-state index is 0.383. The number of piperazine rings is 1. The Kier molecular flexibility index (Phi) is 5.90. The van der Waals surface area contributed by atoms with Crippen LogP contribution in [-0.4, -0.2) is 95.1 Å². The van der Waals surface area contributed by atoms with Crippen molar-refractivity contribution in [3.05, 3.63) is 6.33 Å². The van der Waals surface area contributed by atoms with E-state index in [1.807, 2.05) is 0 Å². The molecule has 11 nitrogen and oxygen atoms in total. The highest BCUT2D eigenvalue weighted by molar-refractivity contribution is 5.94. The number of rotatable bonds is 5. The van der Waals surface area contributed by atoms with Crippen LogP contribution in [0.3, 0.4) is 0 Å². The van der Waals surface area contributed by atoms with Crippen LogP contribution in [0, 0.1) is 0 Å². The number of nitrogens with zero attached hydrogens (tertiary/aromatic N) is 7. The van der Waals surface area contributed by atoms with Crippen LogP contribution in [0.25, 0.3) is 11.0 Å². The molecule has 4 rings (SSSR count). The first-order valence-corrected chi connectivity index (χ1v) is 10.0. The molecule has 29 heavy (non-hydrogen) atoms. The first-order chi connectivity index (χ1) is 14.1. The normalized spacial score (nSPS) is 20.0. The fourth-order valence-corrected chi connectivity index (χ4v) is 3.77. The van der Waals surface area contributed by atoms with E-state index in [1.54, 1.807) is 13.8 Å². The lowest BCUT2D eigenvalue weighted by Gasteiger charge is -2.33. The number of aromatic nitrogens is 4. The highest BCUT2D eigenvalue weighted by atomic mass is 16.5. The highest BCUT2D eigenvalue weighted by Crippen LogP contribution is 2.31. The zero-order valence-electron chi connectivity index (χ0n) is 16.8. The maximum atomic E-state index is 10.2. The molecule has 0 spiro atoms. The van der Waals surface area contributed by atoms with Crippen molar-refractivity contribution in [1.82, 2.24) is 25.3 Å². The zero-order valence-corrected chi connectivity index (χ0v) is 16.8. The Hall–Kier alpha value is -2.34. The van der Waals surface area contributed by atoms with Crippen LogP contribution < -0.4 is 20.0 Å². The molecular formula is C18H28N8O3. The number of anilines is 3. The molecule has 0 saturated carbocycles. The van der Waals surface area contributed by atoms with Gasteiger partial charge >= 0.3 is 0 Å². The van der Waals surface area contributed by atoms with E-state index in [0.29, 0.717) is 49.1 Å². The van der Waals surface area contributed by atoms with E-state index in [2.05, 4.69) is 25.1 Å². The molecule has 158 valence electrons. The molecule has 2 fully saturated rings. The van der Waals surface area contributed by atoms with E-state index in [1.165, 1.54) is 11.2 Å². The molecule has 3 N–H and O–H groups in total. The Labute approximate surface area is 169 Å². The van der Waals surface area contributed by atoms with Gasteiger partial charge in [0.25, 0.3) is 0 Å². The molecule has 0 aromatic carbocycles. The van der Waals surface area contributed by atoms with Crippen molar-refractivity contribution >= 4 is 28.6 Å². The van der Waals surface area contributed by atoms with Crippen LogP contribution in [0.15, 0.2) is 6.33 Å². The third kappa shape index (κ3) is 4.04. The molecule has 0 amide bonds. The second-order valence-corrected chi connectivity index (χ2v) is 7.25. The summed E-state index contributed by atoms with van der Waals surface area (Å²) < 4.78 is 5.49. The Bertz CT molecular complexity index is 829. The molecule has 2 aliphatic rings. The quantitative estimate of drug-likeness (QED) is 0.540. The summed E-state index contributed by atoms with van der Waals surface area (Å²) in [5, 5.41) is 23.8. The molecule has 11 heteroatoms. The van der Waals surface area contributed by atoms with Crippen LogP contribution in [0.1, 0.15) is 13.8 Å². The van der Waals surface area contributed by atoms with Crippen molar-refractivity contribution in [2.45, 2.75) is 26.3 Å². The zero-order chi connectivity index (χ0) is 20.4. The molecule has 2 atom stereocenters. The SMILES string of the molecule is CC(O)N(c1ncnc2c(N3CCOCC3)nc(N3CCNCC3)nc12)C(C)O. The van der Waals surface area contributed by atoms with Gasteiger partial charge in [0.2, 0.25) is 5.95 Å². The lowest BCUT2D eigenvalue weighted by atomic mass is 10.3. The summed E-state index contributed by atoms with van der Waals surface area (Å²) in [6, 6.07) is 0. The summed E-state index contributed by atoms with van der Waals surface area (Å²) in [5.41, 5.74) is 1.11. The summed E-state index contributed by atoms with van der Waals surface area (Å²) in [6.45, 7) is 9.16. The van der Waals surface area contributed by atoms with Crippen molar-refractivity contribution in [3.63, 3.8) is 0 Å². The van der Waals surface area contributed by atoms with Crippen LogP contribution in [0.4, 0.5) is 17.6 Å². The van der Waals surface area contributed by atoms with Crippen LogP contribution in [0.5, 0.6) is 0 Å². The number of nitrogens with one attached hydrogen (secondary N) is 1. The summed E-state index contributed by atoms with van der Waals surface area (Å²) in [7, 11) is 0. The fourth-order valence-electron chi connectivity index (χ4n) is 3.77. The molecule has 2 aromatic heterocycles. The van der Waals surface area contributed by atoms with Gasteiger partial charge in [-0.05, 0) is 13.8 Å². The van der Waals surface area contributed by atoms with E-state index in [0.717, 1.165) is 32.0 Å². The van der Waals surface area contributed by atoms with Crippen LogP contribution >= 0.6 is 0 Å². The first kappa shape index (κ1) is 20.0. The third-order valence-electron chi connectivity index (χ3n) is 5.19. The number of morpholine rings is 1. The van der Waals surface area contributed by atoms with Crippen molar-refractivity contribution in [2.75, 3.05) is 67.2 Å². The van der Waals surface area contributed by atoms with E-state index in [4.69, 9.17) is 14.7 Å². The Morgan fingerprint density at radius 2 is 1.66 bits per heavy atom. The maximum Gasteiger partial charge on any atom is 0.228 e. The molecule has 0 aliphatic carbocycles. The van der Waals surface area contributed by atoms with Gasteiger partial charge in [-0.25, -0.2) is 15.0 Å². The minimum atomic E-state index is -0.947. The molecular weight excluding hydrogens is 376 g/mol. The standard InChI is InChI=1S/C18H28N8O3/c1-12(27)26(13(2)28)16-15-14(20-11-21-16)17(24-7-9-29-10-8-24)23-18(22-15)25-5-3-19-4-6-25/h11-13,19,27-28H,3-10H2,1-2H3. The summed E-state index contributed by atoms with van der Waals surface area (Å²) in [5.74, 6) is 1.72.